The summed E-state index contributed by atoms with van der Waals surface area (Å²) in [5.41, 5.74) is 0.752. The fourth-order valence-corrected chi connectivity index (χ4v) is 2.88. The highest BCUT2D eigenvalue weighted by atomic mass is 32.1. The van der Waals surface area contributed by atoms with Gasteiger partial charge in [0.15, 0.2) is 0 Å². The van der Waals surface area contributed by atoms with Crippen LogP contribution in [-0.4, -0.2) is 84.9 Å². The van der Waals surface area contributed by atoms with Gasteiger partial charge in [-0.25, -0.2) is 0 Å². The van der Waals surface area contributed by atoms with Crippen molar-refractivity contribution in [1.82, 2.24) is 9.80 Å². The molecule has 1 aliphatic rings. The predicted octanol–water partition coefficient (Wildman–Crippen LogP) is 0.214. The van der Waals surface area contributed by atoms with Gasteiger partial charge in [-0.2, -0.15) is 11.3 Å². The van der Waals surface area contributed by atoms with Crippen LogP contribution in [0.25, 0.3) is 0 Å². The lowest BCUT2D eigenvalue weighted by Crippen LogP contribution is -2.53. The second kappa shape index (κ2) is 10.3. The SMILES string of the molecule is CN(CCO)CC1COCCN1C(=O)c1ccsc1.O=CO. The van der Waals surface area contributed by atoms with Crippen molar-refractivity contribution in [2.45, 2.75) is 6.04 Å². The molecule has 1 saturated heterocycles. The van der Waals surface area contributed by atoms with Gasteiger partial charge in [-0.1, -0.05) is 0 Å². The molecular formula is C14H22N2O5S. The molecule has 0 aliphatic carbocycles. The van der Waals surface area contributed by atoms with Gasteiger partial charge in [0.05, 0.1) is 31.4 Å². The van der Waals surface area contributed by atoms with E-state index in [1.807, 2.05) is 33.7 Å². The zero-order valence-electron chi connectivity index (χ0n) is 12.6. The number of nitrogens with zero attached hydrogens (tertiary/aromatic N) is 2. The minimum Gasteiger partial charge on any atom is -0.483 e. The lowest BCUT2D eigenvalue weighted by molar-refractivity contribution is -0.122. The summed E-state index contributed by atoms with van der Waals surface area (Å²) in [7, 11) is 1.94. The number of carboxylic acid groups (broad SMARTS) is 1. The van der Waals surface area contributed by atoms with Crippen molar-refractivity contribution in [2.24, 2.45) is 0 Å². The van der Waals surface area contributed by atoms with E-state index in [-0.39, 0.29) is 25.0 Å². The lowest BCUT2D eigenvalue weighted by atomic mass is 10.1. The van der Waals surface area contributed by atoms with Crippen LogP contribution in [0.4, 0.5) is 0 Å². The normalized spacial score (nSPS) is 17.8. The Morgan fingerprint density at radius 3 is 2.95 bits per heavy atom. The second-order valence-corrected chi connectivity index (χ2v) is 5.61. The highest BCUT2D eigenvalue weighted by Gasteiger charge is 2.28. The zero-order valence-corrected chi connectivity index (χ0v) is 13.4. The molecule has 0 saturated carbocycles. The van der Waals surface area contributed by atoms with Gasteiger partial charge in [-0.05, 0) is 18.5 Å². The van der Waals surface area contributed by atoms with Crippen LogP contribution in [0.1, 0.15) is 10.4 Å². The van der Waals surface area contributed by atoms with Gasteiger partial charge in [0.25, 0.3) is 12.4 Å². The van der Waals surface area contributed by atoms with E-state index >= 15 is 0 Å². The number of carbonyl (C=O) groups excluding carboxylic acids is 1. The number of hydrogen-bond donors (Lipinski definition) is 2. The number of aliphatic hydroxyl groups excluding tert-OH is 1. The van der Waals surface area contributed by atoms with Gasteiger partial charge in [-0.3, -0.25) is 9.59 Å². The molecule has 2 N–H and O–H groups in total. The molecule has 1 aromatic heterocycles. The predicted molar refractivity (Wildman–Crippen MR) is 83.2 cm³/mol. The second-order valence-electron chi connectivity index (χ2n) is 4.83. The molecular weight excluding hydrogens is 308 g/mol. The van der Waals surface area contributed by atoms with Gasteiger partial charge in [0.1, 0.15) is 0 Å². The third-order valence-corrected chi connectivity index (χ3v) is 3.94. The molecule has 1 amide bonds. The Balaban J connectivity index is 0.000000745. The van der Waals surface area contributed by atoms with Crippen LogP contribution in [0.5, 0.6) is 0 Å². The fourth-order valence-electron chi connectivity index (χ4n) is 2.25. The minimum atomic E-state index is -0.250. The van der Waals surface area contributed by atoms with Crippen LogP contribution < -0.4 is 0 Å². The van der Waals surface area contributed by atoms with E-state index in [9.17, 15) is 4.79 Å². The highest BCUT2D eigenvalue weighted by molar-refractivity contribution is 7.08. The maximum Gasteiger partial charge on any atom is 0.290 e. The summed E-state index contributed by atoms with van der Waals surface area (Å²) in [5.74, 6) is 0.0759. The number of hydrogen-bond acceptors (Lipinski definition) is 6. The van der Waals surface area contributed by atoms with Crippen molar-refractivity contribution >= 4 is 23.7 Å². The first-order valence-electron chi connectivity index (χ1n) is 6.92. The smallest absolute Gasteiger partial charge is 0.290 e. The van der Waals surface area contributed by atoms with Crippen molar-refractivity contribution in [3.05, 3.63) is 22.4 Å². The first-order chi connectivity index (χ1) is 10.6. The molecule has 2 rings (SSSR count). The average molecular weight is 330 g/mol. The van der Waals surface area contributed by atoms with Crippen LogP contribution in [0.3, 0.4) is 0 Å². The van der Waals surface area contributed by atoms with E-state index in [1.54, 1.807) is 0 Å². The van der Waals surface area contributed by atoms with Crippen LogP contribution >= 0.6 is 11.3 Å². The van der Waals surface area contributed by atoms with E-state index in [4.69, 9.17) is 19.7 Å². The molecule has 1 fully saturated rings. The molecule has 124 valence electrons. The quantitative estimate of drug-likeness (QED) is 0.750. The van der Waals surface area contributed by atoms with Crippen LogP contribution in [0.2, 0.25) is 0 Å². The summed E-state index contributed by atoms with van der Waals surface area (Å²) in [4.78, 5) is 24.7. The van der Waals surface area contributed by atoms with Crippen LogP contribution in [-0.2, 0) is 9.53 Å². The standard InChI is InChI=1S/C13H20N2O3S.CH2O2/c1-14(3-5-16)8-12-9-18-6-4-15(12)13(17)11-2-7-19-10-11;2-1-3/h2,7,10,12,16H,3-6,8-9H2,1H3;1H,(H,2,3). The van der Waals surface area contributed by atoms with Crippen molar-refractivity contribution in [3.8, 4) is 0 Å². The maximum absolute atomic E-state index is 12.4. The summed E-state index contributed by atoms with van der Waals surface area (Å²) in [6.07, 6.45) is 0. The molecule has 1 atom stereocenters. The molecule has 0 bridgehead atoms. The Morgan fingerprint density at radius 2 is 2.36 bits per heavy atom. The summed E-state index contributed by atoms with van der Waals surface area (Å²) in [6, 6.07) is 1.91. The first kappa shape index (κ1) is 18.6. The Hall–Kier alpha value is -1.48. The Morgan fingerprint density at radius 1 is 1.64 bits per heavy atom. The Labute approximate surface area is 133 Å². The van der Waals surface area contributed by atoms with E-state index in [0.717, 1.165) is 12.1 Å². The fraction of sp³-hybridized carbons (Fsp3) is 0.571. The zero-order chi connectivity index (χ0) is 16.4. The molecule has 8 heteroatoms. The third-order valence-electron chi connectivity index (χ3n) is 3.26. The molecule has 0 aromatic carbocycles. The molecule has 0 spiro atoms. The summed E-state index contributed by atoms with van der Waals surface area (Å²) in [6.45, 7) is 2.99. The highest BCUT2D eigenvalue weighted by Crippen LogP contribution is 2.15. The van der Waals surface area contributed by atoms with Gasteiger partial charge in [0.2, 0.25) is 0 Å². The molecule has 22 heavy (non-hydrogen) atoms. The van der Waals surface area contributed by atoms with Gasteiger partial charge in [0, 0.05) is 25.0 Å². The van der Waals surface area contributed by atoms with Gasteiger partial charge >= 0.3 is 0 Å². The van der Waals surface area contributed by atoms with Crippen molar-refractivity contribution in [1.29, 1.82) is 0 Å². The summed E-state index contributed by atoms with van der Waals surface area (Å²) < 4.78 is 5.48. The Bertz CT molecular complexity index is 440. The van der Waals surface area contributed by atoms with E-state index < -0.39 is 0 Å². The first-order valence-corrected chi connectivity index (χ1v) is 7.86. The maximum atomic E-state index is 12.4. The topological polar surface area (TPSA) is 90.3 Å². The number of amides is 1. The molecule has 1 aromatic rings. The van der Waals surface area contributed by atoms with E-state index in [2.05, 4.69) is 0 Å². The molecule has 2 heterocycles. The van der Waals surface area contributed by atoms with Gasteiger partial charge in [-0.15, -0.1) is 0 Å². The van der Waals surface area contributed by atoms with Crippen LogP contribution in [0, 0.1) is 0 Å². The lowest BCUT2D eigenvalue weighted by Gasteiger charge is -2.37. The molecule has 0 radical (unpaired) electrons. The van der Waals surface area contributed by atoms with Gasteiger partial charge < -0.3 is 24.7 Å². The minimum absolute atomic E-state index is 0.0534. The third kappa shape index (κ3) is 5.72. The number of thiophene rings is 1. The number of likely N-dealkylation sites (N-methyl/N-ethyl adjacent to an activating group) is 1. The summed E-state index contributed by atoms with van der Waals surface area (Å²) >= 11 is 1.53. The van der Waals surface area contributed by atoms with Crippen molar-refractivity contribution in [2.75, 3.05) is 46.5 Å². The van der Waals surface area contributed by atoms with Crippen molar-refractivity contribution in [3.63, 3.8) is 0 Å². The van der Waals surface area contributed by atoms with Crippen molar-refractivity contribution < 1.29 is 24.5 Å². The Kier molecular flexibility index (Phi) is 8.68. The summed E-state index contributed by atoms with van der Waals surface area (Å²) in [5, 5.41) is 19.6. The van der Waals surface area contributed by atoms with Crippen LogP contribution in [0.15, 0.2) is 16.8 Å². The molecule has 7 nitrogen and oxygen atoms in total. The van der Waals surface area contributed by atoms with E-state index in [1.165, 1.54) is 11.3 Å². The number of aliphatic hydroxyl groups is 1. The van der Waals surface area contributed by atoms with E-state index in [0.29, 0.717) is 26.3 Å². The monoisotopic (exact) mass is 330 g/mol. The molecule has 1 unspecified atom stereocenters. The number of rotatable bonds is 5. The largest absolute Gasteiger partial charge is 0.483 e. The average Bonchev–Trinajstić information content (AvgIpc) is 3.02. The number of morpholine rings is 1. The molecule has 1 aliphatic heterocycles. The number of carbonyl (C=O) groups is 2. The number of ether oxygens (including phenoxy) is 1.